The van der Waals surface area contributed by atoms with E-state index in [1.165, 1.54) is 17.4 Å². The largest absolute Gasteiger partial charge is 0.497 e. The Morgan fingerprint density at radius 1 is 0.812 bits per heavy atom. The van der Waals surface area contributed by atoms with Crippen molar-refractivity contribution in [2.45, 2.75) is 42.4 Å². The molecule has 0 saturated heterocycles. The maximum Gasteiger partial charge on any atom is 0.400 e. The van der Waals surface area contributed by atoms with Gasteiger partial charge in [0.2, 0.25) is 0 Å². The van der Waals surface area contributed by atoms with Crippen LogP contribution >= 0.6 is 11.8 Å². The Balaban J connectivity index is 0.000000689. The number of aldehydes is 1. The molecule has 0 atom stereocenters. The predicted molar refractivity (Wildman–Crippen MR) is 183 cm³/mol. The molecule has 250 valence electrons. The predicted octanol–water partition coefficient (Wildman–Crippen LogP) is 8.28. The minimum Gasteiger partial charge on any atom is -0.497 e. The van der Waals surface area contributed by atoms with E-state index in [0.717, 1.165) is 76.3 Å². The molecular weight excluding hydrogens is 637 g/mol. The second kappa shape index (κ2) is 15.5. The van der Waals surface area contributed by atoms with Gasteiger partial charge in [-0.15, -0.1) is 10.2 Å². The van der Waals surface area contributed by atoms with Crippen LogP contribution in [0.25, 0.3) is 28.2 Å². The van der Waals surface area contributed by atoms with E-state index in [0.29, 0.717) is 0 Å². The third-order valence-corrected chi connectivity index (χ3v) is 9.29. The zero-order chi connectivity index (χ0) is 34.1. The minimum absolute atomic E-state index is 0.569. The Bertz CT molecular complexity index is 1780. The van der Waals surface area contributed by atoms with E-state index < -0.39 is 18.1 Å². The van der Waals surface area contributed by atoms with Gasteiger partial charge < -0.3 is 20.0 Å². The summed E-state index contributed by atoms with van der Waals surface area (Å²) in [6, 6.07) is 32.5. The molecule has 1 aliphatic carbocycles. The second-order valence-corrected chi connectivity index (χ2v) is 12.3. The zero-order valence-corrected chi connectivity index (χ0v) is 27.6. The highest BCUT2D eigenvalue weighted by atomic mass is 32.2. The van der Waals surface area contributed by atoms with Crippen LogP contribution in [0.2, 0.25) is 0 Å². The smallest absolute Gasteiger partial charge is 0.400 e. The third kappa shape index (κ3) is 7.58. The number of hydrogen-bond acceptors (Lipinski definition) is 7. The normalized spacial score (nSPS) is 12.8. The Morgan fingerprint density at radius 2 is 1.44 bits per heavy atom. The number of rotatable bonds is 12. The highest BCUT2D eigenvalue weighted by molar-refractivity contribution is 7.99. The molecule has 2 N–H and O–H groups in total. The van der Waals surface area contributed by atoms with E-state index in [1.807, 2.05) is 60.7 Å². The number of ether oxygens (including phenoxy) is 2. The second-order valence-electron chi connectivity index (χ2n) is 11.2. The van der Waals surface area contributed by atoms with Gasteiger partial charge in [-0.05, 0) is 71.5 Å². The van der Waals surface area contributed by atoms with E-state index in [-0.39, 0.29) is 0 Å². The van der Waals surface area contributed by atoms with E-state index in [1.54, 1.807) is 26.0 Å². The topological polar surface area (TPSA) is 92.3 Å². The van der Waals surface area contributed by atoms with Gasteiger partial charge in [-0.3, -0.25) is 4.57 Å². The molecule has 5 aromatic rings. The molecule has 0 fully saturated rings. The third-order valence-electron chi connectivity index (χ3n) is 8.28. The van der Waals surface area contributed by atoms with Crippen LogP contribution in [-0.4, -0.2) is 53.7 Å². The summed E-state index contributed by atoms with van der Waals surface area (Å²) in [5.41, 5.74) is 10.1. The zero-order valence-electron chi connectivity index (χ0n) is 26.7. The van der Waals surface area contributed by atoms with Gasteiger partial charge in [-0.2, -0.15) is 13.2 Å². The van der Waals surface area contributed by atoms with Gasteiger partial charge >= 0.3 is 6.18 Å². The Labute approximate surface area is 282 Å². The van der Waals surface area contributed by atoms with E-state index in [4.69, 9.17) is 9.47 Å². The molecule has 11 heteroatoms. The van der Waals surface area contributed by atoms with Crippen molar-refractivity contribution in [3.05, 3.63) is 108 Å². The molecule has 0 saturated carbocycles. The summed E-state index contributed by atoms with van der Waals surface area (Å²) >= 11 is 1.70. The van der Waals surface area contributed by atoms with Gasteiger partial charge in [0.15, 0.2) is 11.0 Å². The van der Waals surface area contributed by atoms with Gasteiger partial charge in [0.05, 0.1) is 31.9 Å². The standard InChI is InChI=1S/C35H33N3O3S.C2H4F3N/c1-40-27-19-17-25(18-20-27)33-36-37-34(38(33)26-11-10-12-28(23-26)41-2)42-22-9-3-8-21-35(24-39)31-15-6-4-13-29(31)30-14-5-7-16-32(30)35;3-2(4,5)1-6/h4-7,10-20,23-24H,3,8-9,21-22H2,1-2H3;1,6H2. The fourth-order valence-electron chi connectivity index (χ4n) is 5.93. The monoisotopic (exact) mass is 674 g/mol. The number of aromatic nitrogens is 3. The number of nitrogens with two attached hydrogens (primary N) is 1. The van der Waals surface area contributed by atoms with Crippen LogP contribution in [0.1, 0.15) is 36.8 Å². The highest BCUT2D eigenvalue weighted by Gasteiger charge is 2.42. The van der Waals surface area contributed by atoms with Crippen molar-refractivity contribution < 1.29 is 27.4 Å². The SMILES string of the molecule is COc1ccc(-c2nnc(SCCCCCC3(C=O)c4ccccc4-c4ccccc43)n2-c2cccc(OC)c2)cc1.NCC(F)(F)F. The van der Waals surface area contributed by atoms with Crippen LogP contribution in [0, 0.1) is 0 Å². The van der Waals surface area contributed by atoms with Crippen LogP contribution in [0.5, 0.6) is 11.5 Å². The lowest BCUT2D eigenvalue weighted by Crippen LogP contribution is -2.27. The maximum absolute atomic E-state index is 12.7. The maximum atomic E-state index is 12.7. The summed E-state index contributed by atoms with van der Waals surface area (Å²) in [5, 5.41) is 9.99. The minimum atomic E-state index is -4.18. The Morgan fingerprint density at radius 3 is 2.02 bits per heavy atom. The average Bonchev–Trinajstić information content (AvgIpc) is 3.67. The lowest BCUT2D eigenvalue weighted by Gasteiger charge is -2.25. The van der Waals surface area contributed by atoms with Gasteiger partial charge in [0.1, 0.15) is 17.8 Å². The molecule has 0 amide bonds. The first kappa shape index (κ1) is 34.7. The number of benzene rings is 4. The molecule has 4 aromatic carbocycles. The van der Waals surface area contributed by atoms with Crippen molar-refractivity contribution >= 4 is 18.0 Å². The molecule has 1 aliphatic rings. The number of hydrogen-bond donors (Lipinski definition) is 1. The molecule has 0 radical (unpaired) electrons. The summed E-state index contributed by atoms with van der Waals surface area (Å²) in [6.07, 6.45) is 0.777. The van der Waals surface area contributed by atoms with E-state index in [2.05, 4.69) is 56.9 Å². The van der Waals surface area contributed by atoms with Crippen molar-refractivity contribution in [3.63, 3.8) is 0 Å². The van der Waals surface area contributed by atoms with Crippen molar-refractivity contribution in [3.8, 4) is 39.7 Å². The number of nitrogens with zero attached hydrogens (tertiary/aromatic N) is 3. The highest BCUT2D eigenvalue weighted by Crippen LogP contribution is 2.50. The first-order chi connectivity index (χ1) is 23.2. The first-order valence-corrected chi connectivity index (χ1v) is 16.5. The molecule has 6 rings (SSSR count). The number of carbonyl (C=O) groups excluding carboxylic acids is 1. The molecular formula is C37H37F3N4O3S. The number of unbranched alkanes of at least 4 members (excludes halogenated alkanes) is 2. The van der Waals surface area contributed by atoms with E-state index >= 15 is 0 Å². The molecule has 48 heavy (non-hydrogen) atoms. The molecule has 0 unspecified atom stereocenters. The molecule has 0 spiro atoms. The summed E-state index contributed by atoms with van der Waals surface area (Å²) in [7, 11) is 3.33. The fourth-order valence-corrected chi connectivity index (χ4v) is 6.88. The summed E-state index contributed by atoms with van der Waals surface area (Å²) in [5.74, 6) is 3.23. The fraction of sp³-hybridized carbons (Fsp3) is 0.270. The Kier molecular flexibility index (Phi) is 11.2. The van der Waals surface area contributed by atoms with Crippen LogP contribution < -0.4 is 15.2 Å². The van der Waals surface area contributed by atoms with Crippen LogP contribution in [0.3, 0.4) is 0 Å². The Hall–Kier alpha value is -4.61. The number of alkyl halides is 3. The van der Waals surface area contributed by atoms with Gasteiger partial charge in [-0.1, -0.05) is 79.2 Å². The number of halogens is 3. The molecule has 7 nitrogen and oxygen atoms in total. The van der Waals surface area contributed by atoms with E-state index in [9.17, 15) is 18.0 Å². The van der Waals surface area contributed by atoms with Crippen molar-refractivity contribution in [2.75, 3.05) is 26.5 Å². The molecule has 1 aromatic heterocycles. The molecule has 0 bridgehead atoms. The van der Waals surface area contributed by atoms with Crippen LogP contribution in [-0.2, 0) is 10.2 Å². The molecule has 0 aliphatic heterocycles. The van der Waals surface area contributed by atoms with Gasteiger partial charge in [0, 0.05) is 17.4 Å². The van der Waals surface area contributed by atoms with Gasteiger partial charge in [0.25, 0.3) is 0 Å². The molecule has 1 heterocycles. The number of fused-ring (bicyclic) bond motifs is 3. The van der Waals surface area contributed by atoms with Crippen molar-refractivity contribution in [1.82, 2.24) is 14.8 Å². The van der Waals surface area contributed by atoms with Gasteiger partial charge in [-0.25, -0.2) is 0 Å². The summed E-state index contributed by atoms with van der Waals surface area (Å²) in [6.45, 7) is -1.23. The van der Waals surface area contributed by atoms with Crippen LogP contribution in [0.4, 0.5) is 13.2 Å². The number of methoxy groups -OCH3 is 2. The lowest BCUT2D eigenvalue weighted by atomic mass is 9.75. The average molecular weight is 675 g/mol. The summed E-state index contributed by atoms with van der Waals surface area (Å²) in [4.78, 5) is 12.7. The van der Waals surface area contributed by atoms with Crippen molar-refractivity contribution in [2.24, 2.45) is 5.73 Å². The lowest BCUT2D eigenvalue weighted by molar-refractivity contribution is -0.118. The number of thioether (sulfide) groups is 1. The quantitative estimate of drug-likeness (QED) is 0.0809. The van der Waals surface area contributed by atoms with Crippen molar-refractivity contribution in [1.29, 1.82) is 0 Å². The van der Waals surface area contributed by atoms with Crippen LogP contribution in [0.15, 0.2) is 102 Å². The number of carbonyl (C=O) groups is 1. The first-order valence-electron chi connectivity index (χ1n) is 15.5. The summed E-state index contributed by atoms with van der Waals surface area (Å²) < 4.78 is 44.9.